The number of carboxylic acid groups (broad SMARTS) is 1. The van der Waals surface area contributed by atoms with Crippen LogP contribution in [0, 0.1) is 5.92 Å². The quantitative estimate of drug-likeness (QED) is 0.235. The van der Waals surface area contributed by atoms with Gasteiger partial charge in [-0.1, -0.05) is 31.7 Å². The van der Waals surface area contributed by atoms with E-state index >= 15 is 0 Å². The number of nitrogens with zero attached hydrogens (tertiary/aromatic N) is 2. The minimum atomic E-state index is -0.741. The van der Waals surface area contributed by atoms with Crippen molar-refractivity contribution in [1.29, 1.82) is 0 Å². The molecule has 2 atom stereocenters. The highest BCUT2D eigenvalue weighted by atomic mass is 16.5. The van der Waals surface area contributed by atoms with Gasteiger partial charge in [-0.25, -0.2) is 0 Å². The second-order valence-corrected chi connectivity index (χ2v) is 9.74. The van der Waals surface area contributed by atoms with Gasteiger partial charge < -0.3 is 24.8 Å². The summed E-state index contributed by atoms with van der Waals surface area (Å²) in [7, 11) is 1.75. The monoisotopic (exact) mass is 519 g/mol. The molecule has 2 N–H and O–H groups in total. The highest BCUT2D eigenvalue weighted by Gasteiger charge is 2.42. The van der Waals surface area contributed by atoms with E-state index in [-0.39, 0.29) is 36.6 Å². The molecule has 0 bridgehead atoms. The highest BCUT2D eigenvalue weighted by molar-refractivity contribution is 5.90. The van der Waals surface area contributed by atoms with E-state index in [1.807, 2.05) is 12.1 Å². The number of carbonyl (C=O) groups is 3. The van der Waals surface area contributed by atoms with Crippen molar-refractivity contribution in [2.75, 3.05) is 40.0 Å². The zero-order valence-corrected chi connectivity index (χ0v) is 22.4. The number of ether oxygens (including phenoxy) is 2. The molecule has 37 heavy (non-hydrogen) atoms. The number of carbonyl (C=O) groups excluding carboxylic acids is 2. The van der Waals surface area contributed by atoms with E-state index in [1.54, 1.807) is 24.3 Å². The summed E-state index contributed by atoms with van der Waals surface area (Å²) in [5.41, 5.74) is 0.889. The number of nitrogens with one attached hydrogen (secondary N) is 1. The third-order valence-electron chi connectivity index (χ3n) is 6.72. The van der Waals surface area contributed by atoms with Gasteiger partial charge in [-0.15, -0.1) is 0 Å². The third kappa shape index (κ3) is 12.5. The fraction of sp³-hybridized carbons (Fsp3) is 0.714. The van der Waals surface area contributed by atoms with Crippen LogP contribution in [0.5, 0.6) is 0 Å². The molecular weight excluding hydrogens is 474 g/mol. The number of carboxylic acids is 1. The Bertz CT molecular complexity index is 791. The summed E-state index contributed by atoms with van der Waals surface area (Å²) in [4.78, 5) is 41.2. The van der Waals surface area contributed by atoms with Gasteiger partial charge in [-0.2, -0.15) is 0 Å². The van der Waals surface area contributed by atoms with E-state index in [0.29, 0.717) is 26.2 Å². The first-order chi connectivity index (χ1) is 18.0. The van der Waals surface area contributed by atoms with Gasteiger partial charge in [-0.3, -0.25) is 19.4 Å². The van der Waals surface area contributed by atoms with Crippen LogP contribution in [0.1, 0.15) is 88.7 Å². The van der Waals surface area contributed by atoms with Crippen molar-refractivity contribution in [2.24, 2.45) is 5.92 Å². The summed E-state index contributed by atoms with van der Waals surface area (Å²) in [6, 6.07) is 3.48. The molecule has 1 saturated heterocycles. The van der Waals surface area contributed by atoms with E-state index < -0.39 is 5.97 Å². The summed E-state index contributed by atoms with van der Waals surface area (Å²) in [6.45, 7) is 3.47. The number of hydrogen-bond acceptors (Lipinski definition) is 6. The second kappa shape index (κ2) is 18.7. The van der Waals surface area contributed by atoms with E-state index in [2.05, 4.69) is 10.3 Å². The summed E-state index contributed by atoms with van der Waals surface area (Å²) in [5.74, 6) is -1.22. The highest BCUT2D eigenvalue weighted by Crippen LogP contribution is 2.36. The largest absolute Gasteiger partial charge is 0.481 e. The van der Waals surface area contributed by atoms with Gasteiger partial charge in [0.1, 0.15) is 0 Å². The molecular formula is C28H45N3O6. The molecule has 9 heteroatoms. The zero-order valence-electron chi connectivity index (χ0n) is 22.4. The normalized spacial score (nSPS) is 17.3. The maximum absolute atomic E-state index is 12.7. The Morgan fingerprint density at radius 1 is 0.973 bits per heavy atom. The lowest BCUT2D eigenvalue weighted by molar-refractivity contribution is -0.137. The summed E-state index contributed by atoms with van der Waals surface area (Å²) < 4.78 is 11.3. The lowest BCUT2D eigenvalue weighted by atomic mass is 9.94. The fourth-order valence-corrected chi connectivity index (χ4v) is 4.58. The molecule has 1 aliphatic rings. The van der Waals surface area contributed by atoms with E-state index in [4.69, 9.17) is 14.6 Å². The number of aliphatic carboxylic acids is 1. The maximum Gasteiger partial charge on any atom is 0.303 e. The van der Waals surface area contributed by atoms with Gasteiger partial charge >= 0.3 is 5.97 Å². The number of hydrogen-bond donors (Lipinski definition) is 2. The number of pyridine rings is 1. The molecule has 2 rings (SSSR count). The van der Waals surface area contributed by atoms with E-state index in [1.165, 1.54) is 19.3 Å². The molecule has 9 nitrogen and oxygen atoms in total. The summed E-state index contributed by atoms with van der Waals surface area (Å²) >= 11 is 0. The topological polar surface area (TPSA) is 118 Å². The molecule has 2 heterocycles. The van der Waals surface area contributed by atoms with Crippen LogP contribution in [0.4, 0.5) is 0 Å². The van der Waals surface area contributed by atoms with Gasteiger partial charge in [0.25, 0.3) is 0 Å². The van der Waals surface area contributed by atoms with E-state index in [0.717, 1.165) is 57.3 Å². The van der Waals surface area contributed by atoms with Gasteiger partial charge in [-0.05, 0) is 50.2 Å². The predicted octanol–water partition coefficient (Wildman–Crippen LogP) is 4.13. The minimum absolute atomic E-state index is 0.0156. The Balaban J connectivity index is 1.39. The first kappa shape index (κ1) is 30.7. The van der Waals surface area contributed by atoms with Crippen LogP contribution >= 0.6 is 0 Å². The van der Waals surface area contributed by atoms with Crippen molar-refractivity contribution < 1.29 is 29.0 Å². The zero-order chi connectivity index (χ0) is 26.7. The average Bonchev–Trinajstić information content (AvgIpc) is 3.19. The third-order valence-corrected chi connectivity index (χ3v) is 6.72. The van der Waals surface area contributed by atoms with Crippen LogP contribution in [0.2, 0.25) is 0 Å². The van der Waals surface area contributed by atoms with Gasteiger partial charge in [0.05, 0.1) is 12.0 Å². The molecule has 1 aromatic heterocycles. The number of amides is 2. The van der Waals surface area contributed by atoms with Gasteiger partial charge in [0.2, 0.25) is 11.8 Å². The fourth-order valence-electron chi connectivity index (χ4n) is 4.58. The first-order valence-corrected chi connectivity index (χ1v) is 13.8. The van der Waals surface area contributed by atoms with Crippen molar-refractivity contribution in [3.8, 4) is 0 Å². The summed E-state index contributed by atoms with van der Waals surface area (Å²) in [5, 5.41) is 11.6. The Morgan fingerprint density at radius 3 is 2.16 bits per heavy atom. The lowest BCUT2D eigenvalue weighted by Gasteiger charge is -2.24. The molecule has 1 aromatic rings. The second-order valence-electron chi connectivity index (χ2n) is 9.74. The Hall–Kier alpha value is -2.52. The molecule has 0 unspecified atom stereocenters. The number of unbranched alkanes of at least 4 members (excludes halogenated alkanes) is 7. The molecule has 0 saturated carbocycles. The van der Waals surface area contributed by atoms with Crippen LogP contribution in [-0.2, 0) is 23.9 Å². The SMILES string of the molecule is CN1C(=O)C[C@H](C(=O)NCCCCOCCCCCCCCOCCCCC(=O)O)[C@H]1c1cccnc1. The van der Waals surface area contributed by atoms with Gasteiger partial charge in [0.15, 0.2) is 0 Å². The molecule has 0 aromatic carbocycles. The van der Waals surface area contributed by atoms with Crippen molar-refractivity contribution >= 4 is 17.8 Å². The maximum atomic E-state index is 12.7. The predicted molar refractivity (Wildman–Crippen MR) is 141 cm³/mol. The van der Waals surface area contributed by atoms with Gasteiger partial charge in [0, 0.05) is 65.3 Å². The van der Waals surface area contributed by atoms with Crippen LogP contribution in [0.3, 0.4) is 0 Å². The van der Waals surface area contributed by atoms with Crippen molar-refractivity contribution in [3.05, 3.63) is 30.1 Å². The molecule has 1 fully saturated rings. The molecule has 0 radical (unpaired) electrons. The average molecular weight is 520 g/mol. The Labute approximate surface area is 221 Å². The van der Waals surface area contributed by atoms with Crippen LogP contribution in [0.15, 0.2) is 24.5 Å². The number of aromatic nitrogens is 1. The number of likely N-dealkylation sites (tertiary alicyclic amines) is 1. The molecule has 208 valence electrons. The van der Waals surface area contributed by atoms with Crippen LogP contribution in [-0.4, -0.2) is 72.8 Å². The van der Waals surface area contributed by atoms with Crippen molar-refractivity contribution in [2.45, 2.75) is 83.1 Å². The molecule has 1 aliphatic heterocycles. The van der Waals surface area contributed by atoms with Crippen LogP contribution in [0.25, 0.3) is 0 Å². The standard InChI is InChI=1S/C28H45N3O6/c1-31-25(32)21-24(27(31)23-13-12-15-29-22-23)28(35)30-16-7-11-20-37-18-9-5-3-2-4-8-17-36-19-10-6-14-26(33)34/h12-13,15,22,24,27H,2-11,14,16-21H2,1H3,(H,30,35)(H,33,34)/t24-,27+/m0/s1. The van der Waals surface area contributed by atoms with Crippen molar-refractivity contribution in [3.63, 3.8) is 0 Å². The Kier molecular flexibility index (Phi) is 15.5. The Morgan fingerprint density at radius 2 is 1.57 bits per heavy atom. The smallest absolute Gasteiger partial charge is 0.303 e. The molecule has 0 spiro atoms. The van der Waals surface area contributed by atoms with Crippen LogP contribution < -0.4 is 5.32 Å². The number of rotatable bonds is 21. The van der Waals surface area contributed by atoms with Crippen molar-refractivity contribution in [1.82, 2.24) is 15.2 Å². The first-order valence-electron chi connectivity index (χ1n) is 13.8. The van der Waals surface area contributed by atoms with E-state index in [9.17, 15) is 14.4 Å². The molecule has 2 amide bonds. The lowest BCUT2D eigenvalue weighted by Crippen LogP contribution is -2.35. The summed E-state index contributed by atoms with van der Waals surface area (Å²) in [6.07, 6.45) is 14.0. The minimum Gasteiger partial charge on any atom is -0.481 e. The molecule has 0 aliphatic carbocycles.